The van der Waals surface area contributed by atoms with Crippen molar-refractivity contribution >= 4 is 5.91 Å². The van der Waals surface area contributed by atoms with E-state index >= 15 is 0 Å². The van der Waals surface area contributed by atoms with Gasteiger partial charge in [0.1, 0.15) is 6.10 Å². The number of carbonyl (C=O) groups excluding carboxylic acids is 1. The summed E-state index contributed by atoms with van der Waals surface area (Å²) in [6.45, 7) is 4.62. The Morgan fingerprint density at radius 1 is 1.50 bits per heavy atom. The van der Waals surface area contributed by atoms with E-state index in [1.165, 1.54) is 0 Å². The van der Waals surface area contributed by atoms with Gasteiger partial charge in [-0.1, -0.05) is 6.92 Å². The molecule has 0 aromatic rings. The highest BCUT2D eigenvalue weighted by molar-refractivity contribution is 5.82. The summed E-state index contributed by atoms with van der Waals surface area (Å²) < 4.78 is 5.42. The molecule has 4 heteroatoms. The fourth-order valence-corrected chi connectivity index (χ4v) is 2.37. The van der Waals surface area contributed by atoms with E-state index in [1.54, 1.807) is 0 Å². The topological polar surface area (TPSA) is 58.6 Å². The molecular weight excluding hydrogens is 206 g/mol. The number of amides is 1. The Hall–Kier alpha value is -0.610. The minimum absolute atomic E-state index is 0.00447. The van der Waals surface area contributed by atoms with Crippen LogP contribution in [-0.4, -0.2) is 35.9 Å². The Balaban J connectivity index is 1.94. The standard InChI is InChI=1S/C12H21NO3/c1-8-5-6-16-10(8)11(15)13-12(2,7-14)9-3-4-9/h8-10,14H,3-7H2,1-2H3,(H,13,15)/t8-,10-,12-/m1/s1. The summed E-state index contributed by atoms with van der Waals surface area (Å²) in [5.41, 5.74) is -0.456. The molecule has 92 valence electrons. The van der Waals surface area contributed by atoms with Crippen molar-refractivity contribution in [2.75, 3.05) is 13.2 Å². The first-order valence-electron chi connectivity index (χ1n) is 6.11. The summed E-state index contributed by atoms with van der Waals surface area (Å²) in [5.74, 6) is 0.647. The number of aliphatic hydroxyl groups is 1. The van der Waals surface area contributed by atoms with Crippen molar-refractivity contribution in [2.45, 2.75) is 44.8 Å². The SMILES string of the molecule is C[C@@H]1CCO[C@H]1C(=O)N[C@](C)(CO)C1CC1. The highest BCUT2D eigenvalue weighted by Crippen LogP contribution is 2.39. The largest absolute Gasteiger partial charge is 0.394 e. The van der Waals surface area contributed by atoms with Crippen molar-refractivity contribution in [1.82, 2.24) is 5.32 Å². The van der Waals surface area contributed by atoms with Gasteiger partial charge in [-0.2, -0.15) is 0 Å². The van der Waals surface area contributed by atoms with Crippen LogP contribution in [0.15, 0.2) is 0 Å². The second kappa shape index (κ2) is 4.34. The predicted molar refractivity (Wildman–Crippen MR) is 59.9 cm³/mol. The average Bonchev–Trinajstić information content (AvgIpc) is 3.02. The summed E-state index contributed by atoms with van der Waals surface area (Å²) >= 11 is 0. The third-order valence-electron chi connectivity index (χ3n) is 3.86. The molecule has 3 atom stereocenters. The van der Waals surface area contributed by atoms with Crippen LogP contribution >= 0.6 is 0 Å². The maximum atomic E-state index is 12.0. The van der Waals surface area contributed by atoms with Crippen molar-refractivity contribution in [3.8, 4) is 0 Å². The fraction of sp³-hybridized carbons (Fsp3) is 0.917. The van der Waals surface area contributed by atoms with E-state index < -0.39 is 5.54 Å². The normalized spacial score (nSPS) is 33.4. The van der Waals surface area contributed by atoms with Gasteiger partial charge in [-0.3, -0.25) is 4.79 Å². The minimum atomic E-state index is -0.456. The summed E-state index contributed by atoms with van der Waals surface area (Å²) in [6, 6.07) is 0. The van der Waals surface area contributed by atoms with Crippen LogP contribution in [-0.2, 0) is 9.53 Å². The molecule has 0 bridgehead atoms. The van der Waals surface area contributed by atoms with Crippen molar-refractivity contribution in [3.63, 3.8) is 0 Å². The summed E-state index contributed by atoms with van der Waals surface area (Å²) in [4.78, 5) is 12.0. The number of rotatable bonds is 4. The van der Waals surface area contributed by atoms with Crippen LogP contribution in [0.3, 0.4) is 0 Å². The van der Waals surface area contributed by atoms with Gasteiger partial charge in [0.15, 0.2) is 0 Å². The zero-order chi connectivity index (χ0) is 11.8. The number of carbonyl (C=O) groups is 1. The fourth-order valence-electron chi connectivity index (χ4n) is 2.37. The van der Waals surface area contributed by atoms with Crippen molar-refractivity contribution in [3.05, 3.63) is 0 Å². The van der Waals surface area contributed by atoms with Crippen LogP contribution in [0.4, 0.5) is 0 Å². The smallest absolute Gasteiger partial charge is 0.249 e. The van der Waals surface area contributed by atoms with E-state index in [0.29, 0.717) is 12.5 Å². The first-order chi connectivity index (χ1) is 7.57. The van der Waals surface area contributed by atoms with Gasteiger partial charge in [0.05, 0.1) is 12.1 Å². The Labute approximate surface area is 96.4 Å². The molecule has 1 amide bonds. The second-order valence-electron chi connectivity index (χ2n) is 5.40. The van der Waals surface area contributed by atoms with Gasteiger partial charge in [0.2, 0.25) is 5.91 Å². The lowest BCUT2D eigenvalue weighted by Gasteiger charge is -2.30. The van der Waals surface area contributed by atoms with Gasteiger partial charge >= 0.3 is 0 Å². The monoisotopic (exact) mass is 227 g/mol. The van der Waals surface area contributed by atoms with Gasteiger partial charge in [-0.25, -0.2) is 0 Å². The Morgan fingerprint density at radius 2 is 2.19 bits per heavy atom. The number of hydrogen-bond donors (Lipinski definition) is 2. The van der Waals surface area contributed by atoms with Crippen molar-refractivity contribution in [2.24, 2.45) is 11.8 Å². The zero-order valence-electron chi connectivity index (χ0n) is 10.0. The van der Waals surface area contributed by atoms with E-state index in [-0.39, 0.29) is 24.5 Å². The molecule has 2 N–H and O–H groups in total. The van der Waals surface area contributed by atoms with E-state index in [4.69, 9.17) is 4.74 Å². The molecule has 0 aromatic heterocycles. The molecule has 1 aliphatic carbocycles. The number of ether oxygens (including phenoxy) is 1. The number of aliphatic hydroxyl groups excluding tert-OH is 1. The van der Waals surface area contributed by atoms with E-state index in [1.807, 2.05) is 13.8 Å². The summed E-state index contributed by atoms with van der Waals surface area (Å²) in [6.07, 6.45) is 2.80. The zero-order valence-corrected chi connectivity index (χ0v) is 10.0. The molecule has 0 unspecified atom stereocenters. The first-order valence-corrected chi connectivity index (χ1v) is 6.11. The lowest BCUT2D eigenvalue weighted by Crippen LogP contribution is -2.54. The quantitative estimate of drug-likeness (QED) is 0.743. The van der Waals surface area contributed by atoms with Crippen LogP contribution in [0.1, 0.15) is 33.1 Å². The van der Waals surface area contributed by atoms with E-state index in [0.717, 1.165) is 19.3 Å². The Kier molecular flexibility index (Phi) is 3.22. The summed E-state index contributed by atoms with van der Waals surface area (Å²) in [5, 5.41) is 12.4. The van der Waals surface area contributed by atoms with E-state index in [9.17, 15) is 9.90 Å². The molecule has 2 aliphatic rings. The molecular formula is C12H21NO3. The Bertz CT molecular complexity index is 277. The molecule has 2 rings (SSSR count). The van der Waals surface area contributed by atoms with Gasteiger partial charge < -0.3 is 15.2 Å². The molecule has 1 heterocycles. The van der Waals surface area contributed by atoms with Crippen LogP contribution < -0.4 is 5.32 Å². The lowest BCUT2D eigenvalue weighted by atomic mass is 9.95. The summed E-state index contributed by atoms with van der Waals surface area (Å²) in [7, 11) is 0. The van der Waals surface area contributed by atoms with Crippen LogP contribution in [0.25, 0.3) is 0 Å². The molecule has 0 spiro atoms. The molecule has 4 nitrogen and oxygen atoms in total. The molecule has 1 saturated heterocycles. The molecule has 0 aromatic carbocycles. The highest BCUT2D eigenvalue weighted by atomic mass is 16.5. The number of nitrogens with one attached hydrogen (secondary N) is 1. The van der Waals surface area contributed by atoms with Crippen LogP contribution in [0.2, 0.25) is 0 Å². The van der Waals surface area contributed by atoms with Gasteiger partial charge in [-0.05, 0) is 38.0 Å². The third-order valence-corrected chi connectivity index (χ3v) is 3.86. The lowest BCUT2D eigenvalue weighted by molar-refractivity contribution is -0.134. The van der Waals surface area contributed by atoms with Gasteiger partial charge in [-0.15, -0.1) is 0 Å². The molecule has 1 aliphatic heterocycles. The number of hydrogen-bond acceptors (Lipinski definition) is 3. The third kappa shape index (κ3) is 2.23. The van der Waals surface area contributed by atoms with Gasteiger partial charge in [0, 0.05) is 6.61 Å². The molecule has 0 radical (unpaired) electrons. The molecule has 1 saturated carbocycles. The van der Waals surface area contributed by atoms with Crippen molar-refractivity contribution in [1.29, 1.82) is 0 Å². The van der Waals surface area contributed by atoms with Crippen molar-refractivity contribution < 1.29 is 14.6 Å². The van der Waals surface area contributed by atoms with E-state index in [2.05, 4.69) is 5.32 Å². The predicted octanol–water partition coefficient (Wildman–Crippen LogP) is 0.689. The van der Waals surface area contributed by atoms with Crippen LogP contribution in [0, 0.1) is 11.8 Å². The average molecular weight is 227 g/mol. The maximum absolute atomic E-state index is 12.0. The molecule has 2 fully saturated rings. The minimum Gasteiger partial charge on any atom is -0.394 e. The highest BCUT2D eigenvalue weighted by Gasteiger charge is 2.44. The maximum Gasteiger partial charge on any atom is 0.249 e. The first kappa shape index (κ1) is 11.9. The van der Waals surface area contributed by atoms with Gasteiger partial charge in [0.25, 0.3) is 0 Å². The second-order valence-corrected chi connectivity index (χ2v) is 5.40. The van der Waals surface area contributed by atoms with Crippen LogP contribution in [0.5, 0.6) is 0 Å². The Morgan fingerprint density at radius 3 is 2.62 bits per heavy atom. The molecule has 16 heavy (non-hydrogen) atoms.